The average molecular weight is 302 g/mol. The van der Waals surface area contributed by atoms with E-state index in [9.17, 15) is 13.2 Å². The highest BCUT2D eigenvalue weighted by molar-refractivity contribution is 7.16. The Bertz CT molecular complexity index is 729. The molecule has 0 saturated heterocycles. The van der Waals surface area contributed by atoms with Crippen LogP contribution in [0.25, 0.3) is 16.0 Å². The average Bonchev–Trinajstić information content (AvgIpc) is 3.04. The first-order chi connectivity index (χ1) is 9.52. The van der Waals surface area contributed by atoms with E-state index in [2.05, 4.69) is 15.2 Å². The van der Waals surface area contributed by atoms with Gasteiger partial charge in [-0.3, -0.25) is 4.40 Å². The fraction of sp³-hybridized carbons (Fsp3) is 0.417. The first-order valence-electron chi connectivity index (χ1n) is 6.20. The van der Waals surface area contributed by atoms with Crippen LogP contribution in [0.3, 0.4) is 0 Å². The van der Waals surface area contributed by atoms with Gasteiger partial charge in [0.15, 0.2) is 5.65 Å². The van der Waals surface area contributed by atoms with Gasteiger partial charge in [0.25, 0.3) is 0 Å². The van der Waals surface area contributed by atoms with E-state index >= 15 is 0 Å². The minimum Gasteiger partial charge on any atom is -0.267 e. The van der Waals surface area contributed by atoms with Gasteiger partial charge in [0.1, 0.15) is 4.83 Å². The number of hydrogen-bond donors (Lipinski definition) is 0. The van der Waals surface area contributed by atoms with E-state index in [1.54, 1.807) is 11.4 Å². The lowest BCUT2D eigenvalue weighted by atomic mass is 10.3. The lowest BCUT2D eigenvalue weighted by Gasteiger charge is -2.06. The van der Waals surface area contributed by atoms with Gasteiger partial charge in [0, 0.05) is 0 Å². The molecule has 0 radical (unpaired) electrons. The van der Waals surface area contributed by atoms with Crippen molar-refractivity contribution in [3.63, 3.8) is 0 Å². The highest BCUT2D eigenvalue weighted by atomic mass is 32.1. The number of nitrogens with zero attached hydrogens (tertiary/aromatic N) is 4. The monoisotopic (exact) mass is 302 g/mol. The van der Waals surface area contributed by atoms with E-state index in [4.69, 9.17) is 0 Å². The Morgan fingerprint density at radius 3 is 2.55 bits per heavy atom. The first kappa shape index (κ1) is 14.7. The second-order valence-electron chi connectivity index (χ2n) is 3.70. The maximum absolute atomic E-state index is 12.9. The molecule has 108 valence electrons. The summed E-state index contributed by atoms with van der Waals surface area (Å²) in [5, 5.41) is 8.58. The predicted octanol–water partition coefficient (Wildman–Crippen LogP) is 3.95. The van der Waals surface area contributed by atoms with E-state index in [-0.39, 0.29) is 5.65 Å². The van der Waals surface area contributed by atoms with Gasteiger partial charge in [-0.25, -0.2) is 4.98 Å². The molecule has 0 unspecified atom stereocenters. The molecule has 3 rings (SSSR count). The van der Waals surface area contributed by atoms with Crippen LogP contribution in [0.15, 0.2) is 11.4 Å². The molecule has 0 spiro atoms. The number of fused-ring (bicyclic) bond motifs is 3. The van der Waals surface area contributed by atoms with Crippen LogP contribution in [0.4, 0.5) is 13.2 Å². The molecule has 0 aromatic carbocycles. The van der Waals surface area contributed by atoms with E-state index in [1.165, 1.54) is 11.3 Å². The third kappa shape index (κ3) is 2.24. The first-order valence-corrected chi connectivity index (χ1v) is 7.08. The van der Waals surface area contributed by atoms with Gasteiger partial charge in [-0.1, -0.05) is 20.8 Å². The molecule has 4 nitrogen and oxygen atoms in total. The molecule has 0 aliphatic heterocycles. The van der Waals surface area contributed by atoms with Gasteiger partial charge in [0.2, 0.25) is 5.82 Å². The number of hydrogen-bond acceptors (Lipinski definition) is 4. The fourth-order valence-electron chi connectivity index (χ4n) is 1.84. The zero-order valence-corrected chi connectivity index (χ0v) is 12.0. The molecular formula is C12H13F3N4S. The predicted molar refractivity (Wildman–Crippen MR) is 71.9 cm³/mol. The molecule has 3 heterocycles. The molecule has 20 heavy (non-hydrogen) atoms. The van der Waals surface area contributed by atoms with Gasteiger partial charge in [-0.15, -0.1) is 21.5 Å². The normalized spacial score (nSPS) is 11.7. The van der Waals surface area contributed by atoms with Crippen LogP contribution in [0, 0.1) is 0 Å². The molecule has 0 N–H and O–H groups in total. The molecular weight excluding hydrogens is 289 g/mol. The zero-order valence-electron chi connectivity index (χ0n) is 11.2. The zero-order chi connectivity index (χ0) is 14.9. The van der Waals surface area contributed by atoms with E-state index in [0.29, 0.717) is 22.5 Å². The van der Waals surface area contributed by atoms with Crippen LogP contribution in [0.5, 0.6) is 0 Å². The molecule has 0 amide bonds. The van der Waals surface area contributed by atoms with Crippen molar-refractivity contribution in [2.24, 2.45) is 0 Å². The number of thiophene rings is 1. The summed E-state index contributed by atoms with van der Waals surface area (Å²) >= 11 is 1.30. The van der Waals surface area contributed by atoms with Crippen molar-refractivity contribution in [1.29, 1.82) is 0 Å². The van der Waals surface area contributed by atoms with Gasteiger partial charge in [-0.2, -0.15) is 13.2 Å². The standard InChI is InChI=1S/C10H7F3N4S.C2H6/c1-2-5-7-15-16-9(10(11,12)13)17(7)6-3-4-18-8(6)14-5;1-2/h3-4H,2H2,1H3;1-2H3. The molecule has 0 aliphatic carbocycles. The maximum atomic E-state index is 12.9. The van der Waals surface area contributed by atoms with Gasteiger partial charge in [0.05, 0.1) is 11.2 Å². The van der Waals surface area contributed by atoms with E-state index < -0.39 is 12.0 Å². The second kappa shape index (κ2) is 5.35. The summed E-state index contributed by atoms with van der Waals surface area (Å²) in [5.41, 5.74) is 1.09. The molecule has 0 fully saturated rings. The largest absolute Gasteiger partial charge is 0.452 e. The minimum atomic E-state index is -4.53. The summed E-state index contributed by atoms with van der Waals surface area (Å²) in [6.07, 6.45) is -4.02. The Morgan fingerprint density at radius 2 is 1.95 bits per heavy atom. The Balaban J connectivity index is 0.000000704. The molecule has 0 aliphatic rings. The van der Waals surface area contributed by atoms with Crippen molar-refractivity contribution >= 4 is 27.3 Å². The van der Waals surface area contributed by atoms with Crippen molar-refractivity contribution in [2.45, 2.75) is 33.4 Å². The Labute approximate surface area is 117 Å². The second-order valence-corrected chi connectivity index (χ2v) is 4.60. The molecule has 3 aromatic heterocycles. The third-order valence-corrected chi connectivity index (χ3v) is 3.41. The highest BCUT2D eigenvalue weighted by Crippen LogP contribution is 2.31. The number of aryl methyl sites for hydroxylation is 1. The number of rotatable bonds is 1. The summed E-state index contributed by atoms with van der Waals surface area (Å²) in [4.78, 5) is 4.86. The summed E-state index contributed by atoms with van der Waals surface area (Å²) in [6.45, 7) is 5.82. The molecule has 3 aromatic rings. The van der Waals surface area contributed by atoms with Gasteiger partial charge >= 0.3 is 6.18 Å². The SMILES string of the molecule is CC.CCc1nc2sccc2n2c(C(F)(F)F)nnc12. The van der Waals surface area contributed by atoms with Gasteiger partial charge < -0.3 is 0 Å². The fourth-order valence-corrected chi connectivity index (χ4v) is 2.61. The summed E-state index contributed by atoms with van der Waals surface area (Å²) in [6, 6.07) is 1.60. The summed E-state index contributed by atoms with van der Waals surface area (Å²) in [7, 11) is 0. The number of halogens is 3. The highest BCUT2D eigenvalue weighted by Gasteiger charge is 2.38. The third-order valence-electron chi connectivity index (χ3n) is 2.61. The van der Waals surface area contributed by atoms with Crippen molar-refractivity contribution < 1.29 is 13.2 Å². The lowest BCUT2D eigenvalue weighted by Crippen LogP contribution is -2.11. The van der Waals surface area contributed by atoms with Crippen LogP contribution in [-0.2, 0) is 12.6 Å². The van der Waals surface area contributed by atoms with Crippen molar-refractivity contribution in [3.05, 3.63) is 23.0 Å². The summed E-state index contributed by atoms with van der Waals surface area (Å²) < 4.78 is 39.7. The van der Waals surface area contributed by atoms with E-state index in [0.717, 1.165) is 4.40 Å². The Morgan fingerprint density at radius 1 is 1.25 bits per heavy atom. The van der Waals surface area contributed by atoms with Crippen molar-refractivity contribution in [1.82, 2.24) is 19.6 Å². The number of alkyl halides is 3. The molecule has 0 bridgehead atoms. The number of aromatic nitrogens is 4. The van der Waals surface area contributed by atoms with Crippen LogP contribution in [0.1, 0.15) is 32.3 Å². The van der Waals surface area contributed by atoms with Gasteiger partial charge in [-0.05, 0) is 17.9 Å². The quantitative estimate of drug-likeness (QED) is 0.683. The van der Waals surface area contributed by atoms with Crippen molar-refractivity contribution in [2.75, 3.05) is 0 Å². The Hall–Kier alpha value is -1.70. The molecule has 8 heteroatoms. The molecule has 0 atom stereocenters. The topological polar surface area (TPSA) is 43.1 Å². The maximum Gasteiger partial charge on any atom is 0.452 e. The van der Waals surface area contributed by atoms with Crippen LogP contribution in [0.2, 0.25) is 0 Å². The smallest absolute Gasteiger partial charge is 0.267 e. The van der Waals surface area contributed by atoms with E-state index in [1.807, 2.05) is 20.8 Å². The van der Waals surface area contributed by atoms with Crippen molar-refractivity contribution in [3.8, 4) is 0 Å². The van der Waals surface area contributed by atoms with Crippen LogP contribution < -0.4 is 0 Å². The lowest BCUT2D eigenvalue weighted by molar-refractivity contribution is -0.145. The van der Waals surface area contributed by atoms with Crippen LogP contribution >= 0.6 is 11.3 Å². The minimum absolute atomic E-state index is 0.177. The van der Waals surface area contributed by atoms with Crippen LogP contribution in [-0.4, -0.2) is 19.6 Å². The molecule has 0 saturated carbocycles. The Kier molecular flexibility index (Phi) is 3.94. The summed E-state index contributed by atoms with van der Waals surface area (Å²) in [5.74, 6) is -1.00.